The van der Waals surface area contributed by atoms with Crippen molar-refractivity contribution >= 4 is 55.6 Å². The molecule has 3 rings (SSSR count). The molecule has 11 heteroatoms. The highest BCUT2D eigenvalue weighted by Crippen LogP contribution is 2.29. The zero-order valence-electron chi connectivity index (χ0n) is 16.7. The molecule has 0 aliphatic heterocycles. The molecule has 0 spiro atoms. The number of esters is 1. The van der Waals surface area contributed by atoms with Crippen LogP contribution in [0.25, 0.3) is 0 Å². The maximum atomic E-state index is 12.3. The van der Waals surface area contributed by atoms with E-state index in [4.69, 9.17) is 9.47 Å². The normalized spacial score (nSPS) is 10.6. The summed E-state index contributed by atoms with van der Waals surface area (Å²) in [6.07, 6.45) is 1.33. The Hall–Kier alpha value is -3.57. The van der Waals surface area contributed by atoms with Crippen molar-refractivity contribution in [1.29, 1.82) is 0 Å². The van der Waals surface area contributed by atoms with Gasteiger partial charge in [0.25, 0.3) is 11.6 Å². The average Bonchev–Trinajstić information content (AvgIpc) is 2.80. The van der Waals surface area contributed by atoms with Crippen molar-refractivity contribution in [3.8, 4) is 11.5 Å². The summed E-state index contributed by atoms with van der Waals surface area (Å²) in [5, 5.41) is 14.7. The molecule has 0 heterocycles. The number of benzene rings is 3. The van der Waals surface area contributed by atoms with Crippen LogP contribution in [0, 0.1) is 10.1 Å². The van der Waals surface area contributed by atoms with Crippen LogP contribution in [0.2, 0.25) is 0 Å². The molecule has 0 aromatic heterocycles. The van der Waals surface area contributed by atoms with Gasteiger partial charge in [0.05, 0.1) is 21.2 Å². The van der Waals surface area contributed by atoms with E-state index >= 15 is 0 Å². The van der Waals surface area contributed by atoms with Crippen LogP contribution in [-0.2, 0) is 4.79 Å². The Labute approximate surface area is 204 Å². The first kappa shape index (κ1) is 24.1. The highest BCUT2D eigenvalue weighted by Gasteiger charge is 2.13. The molecule has 1 amide bonds. The van der Waals surface area contributed by atoms with Crippen LogP contribution in [0.1, 0.15) is 15.9 Å². The maximum absolute atomic E-state index is 12.3. The van der Waals surface area contributed by atoms with E-state index in [-0.39, 0.29) is 23.8 Å². The number of halogens is 2. The summed E-state index contributed by atoms with van der Waals surface area (Å²) in [7, 11) is 0. The Morgan fingerprint density at radius 3 is 2.45 bits per heavy atom. The van der Waals surface area contributed by atoms with Crippen molar-refractivity contribution < 1.29 is 24.0 Å². The molecule has 3 aromatic rings. The van der Waals surface area contributed by atoms with Gasteiger partial charge in [0.2, 0.25) is 0 Å². The van der Waals surface area contributed by atoms with E-state index in [1.165, 1.54) is 24.4 Å². The number of ether oxygens (including phenoxy) is 2. The van der Waals surface area contributed by atoms with Gasteiger partial charge in [-0.2, -0.15) is 5.10 Å². The highest BCUT2D eigenvalue weighted by molar-refractivity contribution is 9.10. The molecule has 0 aliphatic rings. The second-order valence-electron chi connectivity index (χ2n) is 6.39. The fourth-order valence-electron chi connectivity index (χ4n) is 2.52. The number of hydrogen-bond donors (Lipinski definition) is 1. The van der Waals surface area contributed by atoms with Gasteiger partial charge in [-0.3, -0.25) is 14.9 Å². The lowest BCUT2D eigenvalue weighted by atomic mass is 10.2. The lowest BCUT2D eigenvalue weighted by Crippen LogP contribution is -2.24. The molecule has 9 nitrogen and oxygen atoms in total. The zero-order valence-corrected chi connectivity index (χ0v) is 19.9. The molecule has 33 heavy (non-hydrogen) atoms. The molecule has 0 fully saturated rings. The van der Waals surface area contributed by atoms with Crippen LogP contribution in [0.5, 0.6) is 11.5 Å². The second kappa shape index (κ2) is 11.3. The molecule has 0 atom stereocenters. The first-order valence-corrected chi connectivity index (χ1v) is 10.9. The van der Waals surface area contributed by atoms with Crippen molar-refractivity contribution in [2.24, 2.45) is 5.10 Å². The van der Waals surface area contributed by atoms with Crippen molar-refractivity contribution in [3.05, 3.63) is 96.9 Å². The van der Waals surface area contributed by atoms with Gasteiger partial charge in [0.15, 0.2) is 6.61 Å². The quantitative estimate of drug-likeness (QED) is 0.134. The van der Waals surface area contributed by atoms with Gasteiger partial charge in [-0.05, 0) is 52.3 Å². The number of hydrazone groups is 1. The fourth-order valence-corrected chi connectivity index (χ4v) is 3.38. The van der Waals surface area contributed by atoms with E-state index in [9.17, 15) is 19.7 Å². The van der Waals surface area contributed by atoms with Crippen LogP contribution >= 0.6 is 31.9 Å². The largest absolute Gasteiger partial charge is 0.483 e. The summed E-state index contributed by atoms with van der Waals surface area (Å²) in [6.45, 7) is -0.373. The molecule has 3 aromatic carbocycles. The van der Waals surface area contributed by atoms with Crippen molar-refractivity contribution in [2.45, 2.75) is 0 Å². The third kappa shape index (κ3) is 6.96. The molecule has 0 saturated carbocycles. The molecule has 168 valence electrons. The average molecular weight is 577 g/mol. The minimum Gasteiger partial charge on any atom is -0.483 e. The Balaban J connectivity index is 1.60. The van der Waals surface area contributed by atoms with Gasteiger partial charge in [-0.15, -0.1) is 0 Å². The molecular weight excluding hydrogens is 562 g/mol. The van der Waals surface area contributed by atoms with Gasteiger partial charge in [-0.25, -0.2) is 10.2 Å². The summed E-state index contributed by atoms with van der Waals surface area (Å²) >= 11 is 6.51. The second-order valence-corrected chi connectivity index (χ2v) is 8.16. The van der Waals surface area contributed by atoms with E-state index in [0.29, 0.717) is 15.6 Å². The Bertz CT molecular complexity index is 1220. The molecule has 0 bridgehead atoms. The fraction of sp³-hybridized carbons (Fsp3) is 0.0455. The molecular formula is C22H15Br2N3O6. The van der Waals surface area contributed by atoms with E-state index in [1.54, 1.807) is 48.5 Å². The predicted octanol–water partition coefficient (Wildman–Crippen LogP) is 4.87. The molecule has 0 saturated heterocycles. The SMILES string of the molecule is O=C(COc1ccc([N+](=O)[O-])cc1Br)N/N=C/c1cc(Br)ccc1OC(=O)c1ccccc1. The standard InChI is InChI=1S/C22H15Br2N3O6/c23-16-6-8-19(33-22(29)14-4-2-1-3-5-14)15(10-16)12-25-26-21(28)13-32-20-9-7-17(27(30)31)11-18(20)24/h1-12H,13H2,(H,26,28)/b25-12+. The first-order valence-electron chi connectivity index (χ1n) is 9.29. The van der Waals surface area contributed by atoms with Crippen LogP contribution < -0.4 is 14.9 Å². The molecule has 1 N–H and O–H groups in total. The minimum absolute atomic E-state index is 0.110. The number of nitrogens with zero attached hydrogens (tertiary/aromatic N) is 2. The highest BCUT2D eigenvalue weighted by atomic mass is 79.9. The van der Waals surface area contributed by atoms with Gasteiger partial charge in [0.1, 0.15) is 11.5 Å². The van der Waals surface area contributed by atoms with Gasteiger partial charge < -0.3 is 9.47 Å². The van der Waals surface area contributed by atoms with E-state index in [1.807, 2.05) is 0 Å². The van der Waals surface area contributed by atoms with Crippen molar-refractivity contribution in [3.63, 3.8) is 0 Å². The number of carbonyl (C=O) groups excluding carboxylic acids is 2. The van der Waals surface area contributed by atoms with Gasteiger partial charge in [0, 0.05) is 22.2 Å². The van der Waals surface area contributed by atoms with Crippen molar-refractivity contribution in [1.82, 2.24) is 5.43 Å². The summed E-state index contributed by atoms with van der Waals surface area (Å²) in [5.41, 5.74) is 3.04. The molecule has 0 aliphatic carbocycles. The minimum atomic E-state index is -0.561. The first-order chi connectivity index (χ1) is 15.8. The zero-order chi connectivity index (χ0) is 23.8. The van der Waals surface area contributed by atoms with E-state index < -0.39 is 16.8 Å². The lowest BCUT2D eigenvalue weighted by Gasteiger charge is -2.08. The number of nitro groups is 1. The van der Waals surface area contributed by atoms with Gasteiger partial charge >= 0.3 is 5.97 Å². The Morgan fingerprint density at radius 1 is 1.03 bits per heavy atom. The van der Waals surface area contributed by atoms with Crippen LogP contribution in [-0.4, -0.2) is 29.6 Å². The van der Waals surface area contributed by atoms with E-state index in [2.05, 4.69) is 42.4 Å². The summed E-state index contributed by atoms with van der Waals surface area (Å²) < 4.78 is 11.9. The van der Waals surface area contributed by atoms with Crippen LogP contribution in [0.3, 0.4) is 0 Å². The molecule has 0 radical (unpaired) electrons. The number of carbonyl (C=O) groups is 2. The third-order valence-electron chi connectivity index (χ3n) is 4.06. The summed E-state index contributed by atoms with van der Waals surface area (Å²) in [4.78, 5) is 34.6. The third-order valence-corrected chi connectivity index (χ3v) is 5.17. The number of rotatable bonds is 8. The number of nitro benzene ring substituents is 1. The summed E-state index contributed by atoms with van der Waals surface area (Å²) in [5.74, 6) is -0.564. The monoisotopic (exact) mass is 575 g/mol. The Morgan fingerprint density at radius 2 is 1.76 bits per heavy atom. The Kier molecular flexibility index (Phi) is 8.28. The van der Waals surface area contributed by atoms with Gasteiger partial charge in [-0.1, -0.05) is 34.1 Å². The lowest BCUT2D eigenvalue weighted by molar-refractivity contribution is -0.384. The molecule has 0 unspecified atom stereocenters. The maximum Gasteiger partial charge on any atom is 0.343 e. The smallest absolute Gasteiger partial charge is 0.343 e. The number of non-ortho nitro benzene ring substituents is 1. The van der Waals surface area contributed by atoms with Crippen LogP contribution in [0.15, 0.2) is 80.8 Å². The number of amides is 1. The van der Waals surface area contributed by atoms with E-state index in [0.717, 1.165) is 4.47 Å². The number of nitrogens with one attached hydrogen (secondary N) is 1. The number of hydrogen-bond acceptors (Lipinski definition) is 7. The van der Waals surface area contributed by atoms with Crippen LogP contribution in [0.4, 0.5) is 5.69 Å². The summed E-state index contributed by atoms with van der Waals surface area (Å²) in [6, 6.07) is 17.4. The topological polar surface area (TPSA) is 120 Å². The predicted molar refractivity (Wildman–Crippen MR) is 128 cm³/mol. The van der Waals surface area contributed by atoms with Crippen molar-refractivity contribution in [2.75, 3.05) is 6.61 Å².